The molecule has 2 aliphatic rings. The monoisotopic (exact) mass is 376 g/mol. The highest BCUT2D eigenvalue weighted by atomic mass is 16.5. The molecule has 0 spiro atoms. The molecule has 1 aromatic heterocycles. The third-order valence-electron chi connectivity index (χ3n) is 5.89. The highest BCUT2D eigenvalue weighted by Crippen LogP contribution is 2.39. The van der Waals surface area contributed by atoms with Crippen LogP contribution in [0.1, 0.15) is 40.4 Å². The van der Waals surface area contributed by atoms with E-state index >= 15 is 0 Å². The summed E-state index contributed by atoms with van der Waals surface area (Å²) in [6.07, 6.45) is 5.79. The Labute approximate surface area is 165 Å². The molecule has 2 aliphatic heterocycles. The predicted molar refractivity (Wildman–Crippen MR) is 105 cm³/mol. The van der Waals surface area contributed by atoms with Gasteiger partial charge < -0.3 is 9.64 Å². The molecule has 1 amide bonds. The first kappa shape index (κ1) is 18.6. The molecule has 2 fully saturated rings. The first-order chi connectivity index (χ1) is 13.7. The Morgan fingerprint density at radius 1 is 1.25 bits per heavy atom. The molecule has 1 aromatic carbocycles. The van der Waals surface area contributed by atoms with Gasteiger partial charge in [-0.2, -0.15) is 5.26 Å². The summed E-state index contributed by atoms with van der Waals surface area (Å²) in [5.74, 6) is 0.0118. The van der Waals surface area contributed by atoms with Gasteiger partial charge in [0.05, 0.1) is 23.8 Å². The van der Waals surface area contributed by atoms with Crippen molar-refractivity contribution in [1.29, 1.82) is 5.26 Å². The molecular formula is C22H24N4O2. The smallest absolute Gasteiger partial charge is 0.253 e. The number of rotatable bonds is 4. The fraction of sp³-hybridized carbons (Fsp3) is 0.409. The molecule has 6 nitrogen and oxygen atoms in total. The van der Waals surface area contributed by atoms with Gasteiger partial charge in [-0.25, -0.2) is 0 Å². The second kappa shape index (κ2) is 8.09. The number of ether oxygens (including phenoxy) is 1. The Bertz CT molecular complexity index is 872. The van der Waals surface area contributed by atoms with E-state index in [1.165, 1.54) is 5.56 Å². The van der Waals surface area contributed by atoms with Gasteiger partial charge in [-0.3, -0.25) is 14.7 Å². The van der Waals surface area contributed by atoms with Crippen molar-refractivity contribution in [3.63, 3.8) is 0 Å². The number of nitrogens with zero attached hydrogens (tertiary/aromatic N) is 4. The molecule has 4 rings (SSSR count). The third-order valence-corrected chi connectivity index (χ3v) is 5.89. The van der Waals surface area contributed by atoms with E-state index in [2.05, 4.69) is 22.0 Å². The molecule has 2 aromatic rings. The number of hydrogen-bond donors (Lipinski definition) is 0. The lowest BCUT2D eigenvalue weighted by Crippen LogP contribution is -2.60. The van der Waals surface area contributed by atoms with E-state index in [1.807, 2.05) is 17.2 Å². The number of nitriles is 1. The Morgan fingerprint density at radius 2 is 2.07 bits per heavy atom. The van der Waals surface area contributed by atoms with Crippen LogP contribution in [-0.4, -0.2) is 59.6 Å². The molecule has 0 N–H and O–H groups in total. The highest BCUT2D eigenvalue weighted by molar-refractivity contribution is 5.94. The molecule has 0 bridgehead atoms. The Hall–Kier alpha value is -2.75. The van der Waals surface area contributed by atoms with Crippen molar-refractivity contribution in [3.05, 3.63) is 65.5 Å². The number of likely N-dealkylation sites (tertiary alicyclic amines) is 2. The SMILES string of the molecule is CO[C@H]1CN(C2CCN(C(=O)c3cccc(C#N)c3)CC2)[C@H]1c1cccnc1. The molecule has 2 saturated heterocycles. The minimum Gasteiger partial charge on any atom is -0.378 e. The van der Waals surface area contributed by atoms with Crippen molar-refractivity contribution in [2.45, 2.75) is 31.0 Å². The zero-order valence-electron chi connectivity index (χ0n) is 16.0. The molecule has 6 heteroatoms. The van der Waals surface area contributed by atoms with E-state index in [-0.39, 0.29) is 18.1 Å². The van der Waals surface area contributed by atoms with Crippen LogP contribution in [0.15, 0.2) is 48.8 Å². The number of piperidine rings is 1. The van der Waals surface area contributed by atoms with Gasteiger partial charge in [0.1, 0.15) is 0 Å². The average molecular weight is 376 g/mol. The highest BCUT2D eigenvalue weighted by Gasteiger charge is 2.44. The number of methoxy groups -OCH3 is 1. The van der Waals surface area contributed by atoms with Crippen LogP contribution in [0.3, 0.4) is 0 Å². The van der Waals surface area contributed by atoms with Crippen LogP contribution in [0.25, 0.3) is 0 Å². The van der Waals surface area contributed by atoms with Crippen molar-refractivity contribution in [2.24, 2.45) is 0 Å². The van der Waals surface area contributed by atoms with Crippen LogP contribution in [-0.2, 0) is 4.74 Å². The van der Waals surface area contributed by atoms with Gasteiger partial charge in [0, 0.05) is 50.7 Å². The van der Waals surface area contributed by atoms with Crippen molar-refractivity contribution in [2.75, 3.05) is 26.7 Å². The van der Waals surface area contributed by atoms with Crippen molar-refractivity contribution in [1.82, 2.24) is 14.8 Å². The van der Waals surface area contributed by atoms with Crippen LogP contribution in [0.4, 0.5) is 0 Å². The standard InChI is InChI=1S/C22H24N4O2/c1-28-20-15-26(21(20)18-6-3-9-24-14-18)19-7-10-25(11-8-19)22(27)17-5-2-4-16(12-17)13-23/h2-6,9,12,14,19-21H,7-8,10-11,15H2,1H3/t20-,21-/m0/s1. The number of aromatic nitrogens is 1. The van der Waals surface area contributed by atoms with Gasteiger partial charge in [-0.1, -0.05) is 12.1 Å². The van der Waals surface area contributed by atoms with Gasteiger partial charge in [0.15, 0.2) is 0 Å². The first-order valence-electron chi connectivity index (χ1n) is 9.69. The van der Waals surface area contributed by atoms with Crippen molar-refractivity contribution >= 4 is 5.91 Å². The molecule has 0 saturated carbocycles. The number of amides is 1. The van der Waals surface area contributed by atoms with Crippen LogP contribution in [0.2, 0.25) is 0 Å². The van der Waals surface area contributed by atoms with E-state index in [4.69, 9.17) is 10.00 Å². The second-order valence-electron chi connectivity index (χ2n) is 7.42. The minimum absolute atomic E-state index is 0.0118. The largest absolute Gasteiger partial charge is 0.378 e. The summed E-state index contributed by atoms with van der Waals surface area (Å²) in [5.41, 5.74) is 2.30. The molecular weight excluding hydrogens is 352 g/mol. The van der Waals surface area contributed by atoms with Crippen LogP contribution < -0.4 is 0 Å². The van der Waals surface area contributed by atoms with Gasteiger partial charge >= 0.3 is 0 Å². The first-order valence-corrected chi connectivity index (χ1v) is 9.69. The lowest BCUT2D eigenvalue weighted by atomic mass is 9.87. The summed E-state index contributed by atoms with van der Waals surface area (Å²) in [6, 6.07) is 13.8. The fourth-order valence-corrected chi connectivity index (χ4v) is 4.34. The van der Waals surface area contributed by atoms with Crippen LogP contribution >= 0.6 is 0 Å². The van der Waals surface area contributed by atoms with E-state index in [1.54, 1.807) is 37.6 Å². The minimum atomic E-state index is 0.0118. The van der Waals surface area contributed by atoms with Crippen LogP contribution in [0, 0.1) is 11.3 Å². The molecule has 0 unspecified atom stereocenters. The fourth-order valence-electron chi connectivity index (χ4n) is 4.34. The summed E-state index contributed by atoms with van der Waals surface area (Å²) < 4.78 is 5.65. The number of benzene rings is 1. The lowest BCUT2D eigenvalue weighted by Gasteiger charge is -2.52. The quantitative estimate of drug-likeness (QED) is 0.820. The summed E-state index contributed by atoms with van der Waals surface area (Å²) in [5, 5.41) is 9.05. The molecule has 144 valence electrons. The van der Waals surface area contributed by atoms with Gasteiger partial charge in [0.2, 0.25) is 0 Å². The Balaban J connectivity index is 1.40. The van der Waals surface area contributed by atoms with Crippen molar-refractivity contribution in [3.8, 4) is 6.07 Å². The zero-order valence-corrected chi connectivity index (χ0v) is 16.0. The summed E-state index contributed by atoms with van der Waals surface area (Å²) in [6.45, 7) is 2.38. The third kappa shape index (κ3) is 3.51. The Morgan fingerprint density at radius 3 is 2.75 bits per heavy atom. The summed E-state index contributed by atoms with van der Waals surface area (Å²) in [7, 11) is 1.77. The molecule has 2 atom stereocenters. The Kier molecular flexibility index (Phi) is 5.38. The van der Waals surface area contributed by atoms with E-state index in [0.29, 0.717) is 17.2 Å². The zero-order chi connectivity index (χ0) is 19.5. The lowest BCUT2D eigenvalue weighted by molar-refractivity contribution is -0.115. The topological polar surface area (TPSA) is 69.5 Å². The van der Waals surface area contributed by atoms with Crippen molar-refractivity contribution < 1.29 is 9.53 Å². The summed E-state index contributed by atoms with van der Waals surface area (Å²) in [4.78, 5) is 21.4. The number of hydrogen-bond acceptors (Lipinski definition) is 5. The maximum absolute atomic E-state index is 12.8. The second-order valence-corrected chi connectivity index (χ2v) is 7.42. The normalized spacial score (nSPS) is 23.1. The molecule has 3 heterocycles. The number of pyridine rings is 1. The number of carbonyl (C=O) groups is 1. The maximum atomic E-state index is 12.8. The van der Waals surface area contributed by atoms with E-state index in [0.717, 1.165) is 32.5 Å². The van der Waals surface area contributed by atoms with Gasteiger partial charge in [0.25, 0.3) is 5.91 Å². The predicted octanol–water partition coefficient (Wildman–Crippen LogP) is 2.63. The van der Waals surface area contributed by atoms with Gasteiger partial charge in [-0.15, -0.1) is 0 Å². The average Bonchev–Trinajstić information content (AvgIpc) is 2.74. The number of carbonyl (C=O) groups excluding carboxylic acids is 1. The van der Waals surface area contributed by atoms with E-state index < -0.39 is 0 Å². The summed E-state index contributed by atoms with van der Waals surface area (Å²) >= 11 is 0. The van der Waals surface area contributed by atoms with E-state index in [9.17, 15) is 4.79 Å². The van der Waals surface area contributed by atoms with Gasteiger partial charge in [-0.05, 0) is 42.7 Å². The molecule has 0 radical (unpaired) electrons. The molecule has 0 aliphatic carbocycles. The maximum Gasteiger partial charge on any atom is 0.253 e. The molecule has 28 heavy (non-hydrogen) atoms. The van der Waals surface area contributed by atoms with Crippen LogP contribution in [0.5, 0.6) is 0 Å².